The molecule has 0 bridgehead atoms. The van der Waals surface area contributed by atoms with Crippen LogP contribution in [0.25, 0.3) is 6.08 Å². The Hall–Kier alpha value is -3.81. The van der Waals surface area contributed by atoms with Crippen LogP contribution in [0.2, 0.25) is 0 Å². The molecular formula is C23H24N2O6. The Morgan fingerprint density at radius 2 is 1.45 bits per heavy atom. The number of amides is 4. The van der Waals surface area contributed by atoms with Gasteiger partial charge in [-0.25, -0.2) is 4.79 Å². The quantitative estimate of drug-likeness (QED) is 0.368. The molecule has 2 aromatic carbocycles. The minimum Gasteiger partial charge on any atom is -0.490 e. The van der Waals surface area contributed by atoms with Gasteiger partial charge in [-0.05, 0) is 42.8 Å². The number of barbiturate groups is 1. The van der Waals surface area contributed by atoms with Crippen LogP contribution in [-0.2, 0) is 9.59 Å². The smallest absolute Gasteiger partial charge is 0.333 e. The second kappa shape index (κ2) is 9.80. The molecule has 0 atom stereocenters. The summed E-state index contributed by atoms with van der Waals surface area (Å²) in [6, 6.07) is 13.9. The van der Waals surface area contributed by atoms with E-state index in [4.69, 9.17) is 14.2 Å². The van der Waals surface area contributed by atoms with E-state index in [0.717, 1.165) is 15.5 Å². The van der Waals surface area contributed by atoms with Crippen molar-refractivity contribution in [3.05, 3.63) is 59.7 Å². The van der Waals surface area contributed by atoms with Crippen LogP contribution >= 0.6 is 0 Å². The lowest BCUT2D eigenvalue weighted by Gasteiger charge is -2.28. The average Bonchev–Trinajstić information content (AvgIpc) is 2.79. The number of hydrogen-bond donors (Lipinski definition) is 0. The number of ether oxygens (including phenoxy) is 3. The van der Waals surface area contributed by atoms with Crippen molar-refractivity contribution in [1.29, 1.82) is 0 Å². The standard InChI is InChI=1S/C23H24N2O6/c1-4-29-20-15-16(14-18-21(26)24(2)23(28)25(3)22(18)27)10-11-19(20)31-13-12-30-17-8-6-5-7-9-17/h5-11,14-15H,4,12-13H2,1-3H3. The second-order valence-electron chi connectivity index (χ2n) is 6.72. The lowest BCUT2D eigenvalue weighted by atomic mass is 10.1. The van der Waals surface area contributed by atoms with Crippen molar-refractivity contribution in [2.24, 2.45) is 0 Å². The van der Waals surface area contributed by atoms with E-state index >= 15 is 0 Å². The molecule has 1 fully saturated rings. The zero-order chi connectivity index (χ0) is 22.4. The fourth-order valence-electron chi connectivity index (χ4n) is 2.97. The molecule has 31 heavy (non-hydrogen) atoms. The third kappa shape index (κ3) is 5.03. The van der Waals surface area contributed by atoms with Crippen LogP contribution in [0.5, 0.6) is 17.2 Å². The summed E-state index contributed by atoms with van der Waals surface area (Å²) in [6.07, 6.45) is 1.44. The maximum Gasteiger partial charge on any atom is 0.333 e. The molecule has 8 heteroatoms. The first kappa shape index (κ1) is 21.9. The van der Waals surface area contributed by atoms with E-state index in [2.05, 4.69) is 0 Å². The van der Waals surface area contributed by atoms with Gasteiger partial charge < -0.3 is 14.2 Å². The number of carbonyl (C=O) groups excluding carboxylic acids is 3. The fraction of sp³-hybridized carbons (Fsp3) is 0.261. The molecule has 0 aromatic heterocycles. The highest BCUT2D eigenvalue weighted by Crippen LogP contribution is 2.30. The topological polar surface area (TPSA) is 85.4 Å². The largest absolute Gasteiger partial charge is 0.490 e. The lowest BCUT2D eigenvalue weighted by molar-refractivity contribution is -0.134. The molecule has 0 unspecified atom stereocenters. The molecule has 1 aliphatic rings. The van der Waals surface area contributed by atoms with Crippen molar-refractivity contribution in [2.75, 3.05) is 33.9 Å². The highest BCUT2D eigenvalue weighted by atomic mass is 16.5. The fourth-order valence-corrected chi connectivity index (χ4v) is 2.97. The molecular weight excluding hydrogens is 400 g/mol. The van der Waals surface area contributed by atoms with Gasteiger partial charge in [-0.15, -0.1) is 0 Å². The summed E-state index contributed by atoms with van der Waals surface area (Å²) in [6.45, 7) is 2.92. The number of urea groups is 1. The Balaban J connectivity index is 1.73. The van der Waals surface area contributed by atoms with Crippen molar-refractivity contribution in [3.8, 4) is 17.2 Å². The van der Waals surface area contributed by atoms with E-state index in [1.54, 1.807) is 18.2 Å². The van der Waals surface area contributed by atoms with Gasteiger partial charge >= 0.3 is 6.03 Å². The summed E-state index contributed by atoms with van der Waals surface area (Å²) in [5.41, 5.74) is 0.473. The number of imide groups is 2. The number of benzene rings is 2. The van der Waals surface area contributed by atoms with Crippen molar-refractivity contribution >= 4 is 23.9 Å². The van der Waals surface area contributed by atoms with Crippen molar-refractivity contribution in [1.82, 2.24) is 9.80 Å². The van der Waals surface area contributed by atoms with Crippen LogP contribution < -0.4 is 14.2 Å². The zero-order valence-corrected chi connectivity index (χ0v) is 17.7. The molecule has 0 spiro atoms. The molecule has 1 heterocycles. The van der Waals surface area contributed by atoms with E-state index in [1.807, 2.05) is 37.3 Å². The molecule has 0 N–H and O–H groups in total. The monoisotopic (exact) mass is 424 g/mol. The molecule has 3 rings (SSSR count). The van der Waals surface area contributed by atoms with Gasteiger partial charge in [0.05, 0.1) is 6.61 Å². The first-order valence-corrected chi connectivity index (χ1v) is 9.81. The maximum absolute atomic E-state index is 12.4. The zero-order valence-electron chi connectivity index (χ0n) is 17.7. The number of rotatable bonds is 8. The molecule has 8 nitrogen and oxygen atoms in total. The Bertz CT molecular complexity index is 976. The molecule has 4 amide bonds. The lowest BCUT2D eigenvalue weighted by Crippen LogP contribution is -2.52. The highest BCUT2D eigenvalue weighted by molar-refractivity contribution is 6.30. The van der Waals surface area contributed by atoms with Gasteiger partial charge in [-0.3, -0.25) is 19.4 Å². The number of likely N-dealkylation sites (N-methyl/N-ethyl adjacent to an activating group) is 2. The summed E-state index contributed by atoms with van der Waals surface area (Å²) in [5.74, 6) is 0.457. The van der Waals surface area contributed by atoms with Gasteiger partial charge in [0.15, 0.2) is 11.5 Å². The van der Waals surface area contributed by atoms with E-state index < -0.39 is 17.8 Å². The minimum absolute atomic E-state index is 0.100. The van der Waals surface area contributed by atoms with Gasteiger partial charge in [0.1, 0.15) is 24.5 Å². The Labute approximate surface area is 180 Å². The van der Waals surface area contributed by atoms with Crippen molar-refractivity contribution < 1.29 is 28.6 Å². The molecule has 162 valence electrons. The van der Waals surface area contributed by atoms with Gasteiger partial charge in [0.25, 0.3) is 11.8 Å². The van der Waals surface area contributed by atoms with Crippen LogP contribution in [0.15, 0.2) is 54.1 Å². The van der Waals surface area contributed by atoms with Gasteiger partial charge in [0, 0.05) is 14.1 Å². The maximum atomic E-state index is 12.4. The summed E-state index contributed by atoms with van der Waals surface area (Å²) in [4.78, 5) is 38.5. The van der Waals surface area contributed by atoms with Gasteiger partial charge in [-0.2, -0.15) is 0 Å². The number of hydrogen-bond acceptors (Lipinski definition) is 6. The minimum atomic E-state index is -0.663. The summed E-state index contributed by atoms with van der Waals surface area (Å²) in [5, 5.41) is 0. The first-order chi connectivity index (χ1) is 14.9. The van der Waals surface area contributed by atoms with E-state index in [0.29, 0.717) is 36.9 Å². The number of nitrogens with zero attached hydrogens (tertiary/aromatic N) is 2. The summed E-state index contributed by atoms with van der Waals surface area (Å²) < 4.78 is 17.1. The molecule has 1 saturated heterocycles. The van der Waals surface area contributed by atoms with E-state index in [-0.39, 0.29) is 5.57 Å². The molecule has 0 aliphatic carbocycles. The summed E-state index contributed by atoms with van der Waals surface area (Å²) in [7, 11) is 2.67. The van der Waals surface area contributed by atoms with Crippen molar-refractivity contribution in [3.63, 3.8) is 0 Å². The van der Waals surface area contributed by atoms with E-state index in [1.165, 1.54) is 20.2 Å². The molecule has 1 aliphatic heterocycles. The van der Waals surface area contributed by atoms with Crippen LogP contribution in [-0.4, -0.2) is 61.6 Å². The van der Waals surface area contributed by atoms with Gasteiger partial charge in [0.2, 0.25) is 0 Å². The predicted octanol–water partition coefficient (Wildman–Crippen LogP) is 2.98. The van der Waals surface area contributed by atoms with E-state index in [9.17, 15) is 14.4 Å². The predicted molar refractivity (Wildman–Crippen MR) is 114 cm³/mol. The Kier molecular flexibility index (Phi) is 6.92. The molecule has 0 saturated carbocycles. The number of carbonyl (C=O) groups is 3. The van der Waals surface area contributed by atoms with Crippen LogP contribution in [0, 0.1) is 0 Å². The third-order valence-electron chi connectivity index (χ3n) is 4.58. The first-order valence-electron chi connectivity index (χ1n) is 9.81. The molecule has 0 radical (unpaired) electrons. The van der Waals surface area contributed by atoms with Crippen LogP contribution in [0.1, 0.15) is 12.5 Å². The third-order valence-corrected chi connectivity index (χ3v) is 4.58. The average molecular weight is 424 g/mol. The highest BCUT2D eigenvalue weighted by Gasteiger charge is 2.37. The normalized spacial score (nSPS) is 14.0. The Morgan fingerprint density at radius 3 is 2.10 bits per heavy atom. The Morgan fingerprint density at radius 1 is 0.806 bits per heavy atom. The molecule has 2 aromatic rings. The SMILES string of the molecule is CCOc1cc(C=C2C(=O)N(C)C(=O)N(C)C2=O)ccc1OCCOc1ccccc1. The van der Waals surface area contributed by atoms with Crippen LogP contribution in [0.4, 0.5) is 4.79 Å². The van der Waals surface area contributed by atoms with Crippen molar-refractivity contribution in [2.45, 2.75) is 6.92 Å². The van der Waals surface area contributed by atoms with Gasteiger partial charge in [-0.1, -0.05) is 24.3 Å². The van der Waals surface area contributed by atoms with Crippen LogP contribution in [0.3, 0.4) is 0 Å². The number of para-hydroxylation sites is 1. The summed E-state index contributed by atoms with van der Waals surface area (Å²) >= 11 is 0. The second-order valence-corrected chi connectivity index (χ2v) is 6.72.